The first-order valence-electron chi connectivity index (χ1n) is 6.07. The summed E-state index contributed by atoms with van der Waals surface area (Å²) < 4.78 is 12.7. The van der Waals surface area contributed by atoms with E-state index in [-0.39, 0.29) is 11.8 Å². The SMILES string of the molecule is O=C1CC(c2ccc(-c3ncc(F)cn3)cc2)CN1. The van der Waals surface area contributed by atoms with Crippen molar-refractivity contribution in [2.45, 2.75) is 12.3 Å². The molecule has 1 aromatic carbocycles. The van der Waals surface area contributed by atoms with Gasteiger partial charge in [-0.25, -0.2) is 14.4 Å². The van der Waals surface area contributed by atoms with E-state index in [4.69, 9.17) is 0 Å². The molecule has 0 aliphatic carbocycles. The maximum atomic E-state index is 12.7. The lowest BCUT2D eigenvalue weighted by Gasteiger charge is -2.08. The number of carbonyl (C=O) groups is 1. The topological polar surface area (TPSA) is 54.9 Å². The lowest BCUT2D eigenvalue weighted by atomic mass is 9.97. The molecule has 0 radical (unpaired) electrons. The van der Waals surface area contributed by atoms with Crippen molar-refractivity contribution in [2.24, 2.45) is 0 Å². The zero-order valence-corrected chi connectivity index (χ0v) is 10.1. The Morgan fingerprint density at radius 3 is 2.42 bits per heavy atom. The van der Waals surface area contributed by atoms with Gasteiger partial charge in [-0.1, -0.05) is 24.3 Å². The van der Waals surface area contributed by atoms with Gasteiger partial charge < -0.3 is 5.32 Å². The van der Waals surface area contributed by atoms with Crippen LogP contribution in [0.4, 0.5) is 4.39 Å². The zero-order chi connectivity index (χ0) is 13.2. The molecule has 2 heterocycles. The fourth-order valence-corrected chi connectivity index (χ4v) is 2.21. The fraction of sp³-hybridized carbons (Fsp3) is 0.214. The number of nitrogens with one attached hydrogen (secondary N) is 1. The van der Waals surface area contributed by atoms with Crippen LogP contribution < -0.4 is 5.32 Å². The Morgan fingerprint density at radius 2 is 1.84 bits per heavy atom. The van der Waals surface area contributed by atoms with Crippen molar-refractivity contribution in [1.29, 1.82) is 0 Å². The number of hydrogen-bond donors (Lipinski definition) is 1. The summed E-state index contributed by atoms with van der Waals surface area (Å²) >= 11 is 0. The van der Waals surface area contributed by atoms with Crippen LogP contribution in [-0.2, 0) is 4.79 Å². The smallest absolute Gasteiger partial charge is 0.220 e. The van der Waals surface area contributed by atoms with Crippen molar-refractivity contribution in [3.8, 4) is 11.4 Å². The van der Waals surface area contributed by atoms with Crippen molar-refractivity contribution in [3.63, 3.8) is 0 Å². The maximum absolute atomic E-state index is 12.7. The van der Waals surface area contributed by atoms with Crippen LogP contribution in [0.5, 0.6) is 0 Å². The van der Waals surface area contributed by atoms with Gasteiger partial charge in [0.1, 0.15) is 0 Å². The van der Waals surface area contributed by atoms with E-state index in [1.807, 2.05) is 24.3 Å². The number of carbonyl (C=O) groups excluding carboxylic acids is 1. The molecule has 0 spiro atoms. The predicted octanol–water partition coefficient (Wildman–Crippen LogP) is 1.89. The van der Waals surface area contributed by atoms with Crippen molar-refractivity contribution in [2.75, 3.05) is 6.54 Å². The van der Waals surface area contributed by atoms with E-state index in [2.05, 4.69) is 15.3 Å². The quantitative estimate of drug-likeness (QED) is 0.893. The monoisotopic (exact) mass is 257 g/mol. The number of amides is 1. The normalized spacial score (nSPS) is 18.4. The Balaban J connectivity index is 1.82. The minimum atomic E-state index is -0.448. The van der Waals surface area contributed by atoms with E-state index in [1.165, 1.54) is 0 Å². The second kappa shape index (κ2) is 4.76. The first-order valence-corrected chi connectivity index (χ1v) is 6.07. The highest BCUT2D eigenvalue weighted by atomic mass is 19.1. The van der Waals surface area contributed by atoms with E-state index in [9.17, 15) is 9.18 Å². The first kappa shape index (κ1) is 11.8. The number of aromatic nitrogens is 2. The Morgan fingerprint density at radius 1 is 1.16 bits per heavy atom. The Labute approximate surface area is 109 Å². The van der Waals surface area contributed by atoms with Crippen molar-refractivity contribution >= 4 is 5.91 Å². The zero-order valence-electron chi connectivity index (χ0n) is 10.1. The van der Waals surface area contributed by atoms with Crippen LogP contribution >= 0.6 is 0 Å². The van der Waals surface area contributed by atoms with Crippen LogP contribution in [0.25, 0.3) is 11.4 Å². The van der Waals surface area contributed by atoms with Gasteiger partial charge in [0.25, 0.3) is 0 Å². The second-order valence-electron chi connectivity index (χ2n) is 4.55. The van der Waals surface area contributed by atoms with Crippen LogP contribution in [0.2, 0.25) is 0 Å². The van der Waals surface area contributed by atoms with E-state index >= 15 is 0 Å². The number of benzene rings is 1. The molecule has 1 atom stereocenters. The molecule has 1 N–H and O–H groups in total. The average Bonchev–Trinajstić information content (AvgIpc) is 2.87. The van der Waals surface area contributed by atoms with Gasteiger partial charge in [-0.15, -0.1) is 0 Å². The van der Waals surface area contributed by atoms with Crippen LogP contribution in [0.1, 0.15) is 17.9 Å². The molecule has 0 bridgehead atoms. The van der Waals surface area contributed by atoms with Gasteiger partial charge in [-0.05, 0) is 5.56 Å². The van der Waals surface area contributed by atoms with Crippen LogP contribution in [0, 0.1) is 5.82 Å². The predicted molar refractivity (Wildman–Crippen MR) is 67.8 cm³/mol. The highest BCUT2D eigenvalue weighted by Crippen LogP contribution is 2.25. The Hall–Kier alpha value is -2.30. The van der Waals surface area contributed by atoms with Crippen LogP contribution in [0.3, 0.4) is 0 Å². The third-order valence-electron chi connectivity index (χ3n) is 3.24. The third-order valence-corrected chi connectivity index (χ3v) is 3.24. The minimum absolute atomic E-state index is 0.0935. The molecule has 1 aliphatic rings. The minimum Gasteiger partial charge on any atom is -0.355 e. The van der Waals surface area contributed by atoms with Gasteiger partial charge in [0, 0.05) is 24.4 Å². The fourth-order valence-electron chi connectivity index (χ4n) is 2.21. The molecule has 2 aromatic rings. The second-order valence-corrected chi connectivity index (χ2v) is 4.55. The molecule has 96 valence electrons. The molecule has 1 saturated heterocycles. The summed E-state index contributed by atoms with van der Waals surface area (Å²) in [5.41, 5.74) is 1.95. The summed E-state index contributed by atoms with van der Waals surface area (Å²) in [6, 6.07) is 7.72. The molecule has 1 amide bonds. The van der Waals surface area contributed by atoms with E-state index in [0.717, 1.165) is 23.5 Å². The standard InChI is InChI=1S/C14H12FN3O/c15-12-7-17-14(18-8-12)10-3-1-9(2-4-10)11-5-13(19)16-6-11/h1-4,7-8,11H,5-6H2,(H,16,19). The van der Waals surface area contributed by atoms with Gasteiger partial charge in [0.15, 0.2) is 11.6 Å². The van der Waals surface area contributed by atoms with Gasteiger partial charge in [0.2, 0.25) is 5.91 Å². The van der Waals surface area contributed by atoms with E-state index < -0.39 is 5.82 Å². The molecule has 5 heteroatoms. The Kier molecular flexibility index (Phi) is 2.95. The summed E-state index contributed by atoms with van der Waals surface area (Å²) in [6.45, 7) is 0.686. The highest BCUT2D eigenvalue weighted by molar-refractivity contribution is 5.79. The van der Waals surface area contributed by atoms with Gasteiger partial charge in [-0.3, -0.25) is 4.79 Å². The molecular weight excluding hydrogens is 245 g/mol. The van der Waals surface area contributed by atoms with Gasteiger partial charge in [0.05, 0.1) is 12.4 Å². The largest absolute Gasteiger partial charge is 0.355 e. The molecule has 1 fully saturated rings. The molecule has 1 aromatic heterocycles. The average molecular weight is 257 g/mol. The van der Waals surface area contributed by atoms with Crippen molar-refractivity contribution in [3.05, 3.63) is 48.0 Å². The maximum Gasteiger partial charge on any atom is 0.220 e. The van der Waals surface area contributed by atoms with Gasteiger partial charge in [-0.2, -0.15) is 0 Å². The summed E-state index contributed by atoms with van der Waals surface area (Å²) in [4.78, 5) is 19.1. The van der Waals surface area contributed by atoms with Crippen LogP contribution in [-0.4, -0.2) is 22.4 Å². The van der Waals surface area contributed by atoms with Crippen molar-refractivity contribution < 1.29 is 9.18 Å². The van der Waals surface area contributed by atoms with Crippen molar-refractivity contribution in [1.82, 2.24) is 15.3 Å². The summed E-state index contributed by atoms with van der Waals surface area (Å²) in [6.07, 6.45) is 2.83. The lowest BCUT2D eigenvalue weighted by molar-refractivity contribution is -0.119. The summed E-state index contributed by atoms with van der Waals surface area (Å²) in [7, 11) is 0. The summed E-state index contributed by atoms with van der Waals surface area (Å²) in [5.74, 6) is 0.371. The molecule has 3 rings (SSSR count). The number of rotatable bonds is 2. The molecule has 1 aliphatic heterocycles. The molecule has 4 nitrogen and oxygen atoms in total. The number of halogens is 1. The highest BCUT2D eigenvalue weighted by Gasteiger charge is 2.22. The number of nitrogens with zero attached hydrogens (tertiary/aromatic N) is 2. The first-order chi connectivity index (χ1) is 9.22. The molecule has 0 saturated carbocycles. The van der Waals surface area contributed by atoms with E-state index in [1.54, 1.807) is 0 Å². The molecule has 19 heavy (non-hydrogen) atoms. The lowest BCUT2D eigenvalue weighted by Crippen LogP contribution is -2.13. The Bertz CT molecular complexity index is 595. The third kappa shape index (κ3) is 2.45. The van der Waals surface area contributed by atoms with Crippen LogP contribution in [0.15, 0.2) is 36.7 Å². The summed E-state index contributed by atoms with van der Waals surface area (Å²) in [5, 5.41) is 2.82. The number of hydrogen-bond acceptors (Lipinski definition) is 3. The van der Waals surface area contributed by atoms with Gasteiger partial charge >= 0.3 is 0 Å². The molecular formula is C14H12FN3O. The van der Waals surface area contributed by atoms with E-state index in [0.29, 0.717) is 18.8 Å². The molecule has 1 unspecified atom stereocenters.